The van der Waals surface area contributed by atoms with Gasteiger partial charge < -0.3 is 16.0 Å². The molecule has 0 aromatic heterocycles. The summed E-state index contributed by atoms with van der Waals surface area (Å²) in [5.74, 6) is 0.181. The number of carbonyl (C=O) groups excluding carboxylic acids is 1. The molecule has 0 spiro atoms. The Balaban J connectivity index is 1.85. The summed E-state index contributed by atoms with van der Waals surface area (Å²) in [5, 5.41) is 9.84. The highest BCUT2D eigenvalue weighted by Gasteiger charge is 2.35. The van der Waals surface area contributed by atoms with E-state index in [0.717, 1.165) is 45.3 Å². The van der Waals surface area contributed by atoms with Gasteiger partial charge in [-0.1, -0.05) is 0 Å². The maximum atomic E-state index is 12.2. The molecule has 2 rings (SSSR count). The Kier molecular flexibility index (Phi) is 3.82. The molecule has 0 saturated carbocycles. The zero-order valence-corrected chi connectivity index (χ0v) is 10.1. The monoisotopic (exact) mass is 225 g/mol. The topological polar surface area (TPSA) is 53.2 Å². The molecular formula is C12H23N3O. The van der Waals surface area contributed by atoms with Crippen LogP contribution >= 0.6 is 0 Å². The van der Waals surface area contributed by atoms with Crippen molar-refractivity contribution < 1.29 is 4.79 Å². The summed E-state index contributed by atoms with van der Waals surface area (Å²) < 4.78 is 0. The molecule has 92 valence electrons. The van der Waals surface area contributed by atoms with Crippen LogP contribution in [0.1, 0.15) is 39.0 Å². The second-order valence-corrected chi connectivity index (χ2v) is 5.23. The van der Waals surface area contributed by atoms with Gasteiger partial charge in [0.1, 0.15) is 0 Å². The molecule has 2 aliphatic rings. The van der Waals surface area contributed by atoms with Crippen LogP contribution < -0.4 is 16.0 Å². The molecule has 0 aliphatic carbocycles. The first-order valence-corrected chi connectivity index (χ1v) is 6.47. The smallest absolute Gasteiger partial charge is 0.240 e. The third-order valence-corrected chi connectivity index (χ3v) is 3.75. The van der Waals surface area contributed by atoms with Crippen molar-refractivity contribution in [1.82, 2.24) is 16.0 Å². The molecule has 4 nitrogen and oxygen atoms in total. The molecule has 2 heterocycles. The Bertz CT molecular complexity index is 243. The van der Waals surface area contributed by atoms with Crippen LogP contribution in [-0.2, 0) is 4.79 Å². The molecule has 4 heteroatoms. The zero-order valence-electron chi connectivity index (χ0n) is 10.1. The van der Waals surface area contributed by atoms with E-state index < -0.39 is 0 Å². The highest BCUT2D eigenvalue weighted by molar-refractivity contribution is 5.86. The fourth-order valence-electron chi connectivity index (χ4n) is 2.57. The van der Waals surface area contributed by atoms with E-state index in [4.69, 9.17) is 0 Å². The van der Waals surface area contributed by atoms with Gasteiger partial charge in [0.2, 0.25) is 5.91 Å². The van der Waals surface area contributed by atoms with E-state index >= 15 is 0 Å². The first kappa shape index (κ1) is 11.9. The van der Waals surface area contributed by atoms with Gasteiger partial charge in [0.25, 0.3) is 0 Å². The summed E-state index contributed by atoms with van der Waals surface area (Å²) in [4.78, 5) is 12.2. The Morgan fingerprint density at radius 1 is 1.31 bits per heavy atom. The third kappa shape index (κ3) is 2.74. The average molecular weight is 225 g/mol. The van der Waals surface area contributed by atoms with Crippen LogP contribution in [-0.4, -0.2) is 37.1 Å². The summed E-state index contributed by atoms with van der Waals surface area (Å²) in [6, 6.07) is 0.321. The largest absolute Gasteiger partial charge is 0.350 e. The van der Waals surface area contributed by atoms with Gasteiger partial charge in [-0.05, 0) is 52.1 Å². The van der Waals surface area contributed by atoms with Crippen LogP contribution in [0, 0.1) is 0 Å². The van der Waals surface area contributed by atoms with Crippen molar-refractivity contribution in [1.29, 1.82) is 0 Å². The number of amides is 1. The quantitative estimate of drug-likeness (QED) is 0.637. The summed E-state index contributed by atoms with van der Waals surface area (Å²) in [6.07, 6.45) is 5.57. The predicted octanol–water partition coefficient (Wildman–Crippen LogP) is 0.387. The van der Waals surface area contributed by atoms with E-state index in [2.05, 4.69) is 16.0 Å². The van der Waals surface area contributed by atoms with E-state index in [1.54, 1.807) is 0 Å². The Labute approximate surface area is 97.6 Å². The van der Waals surface area contributed by atoms with Gasteiger partial charge in [-0.15, -0.1) is 0 Å². The molecule has 2 atom stereocenters. The second-order valence-electron chi connectivity index (χ2n) is 5.23. The molecule has 0 radical (unpaired) electrons. The van der Waals surface area contributed by atoms with Crippen LogP contribution in [0.2, 0.25) is 0 Å². The van der Waals surface area contributed by atoms with Crippen LogP contribution in [0.15, 0.2) is 0 Å². The van der Waals surface area contributed by atoms with E-state index in [-0.39, 0.29) is 11.4 Å². The molecule has 2 unspecified atom stereocenters. The minimum absolute atomic E-state index is 0.181. The number of piperidine rings is 2. The number of carbonyl (C=O) groups is 1. The molecule has 0 bridgehead atoms. The van der Waals surface area contributed by atoms with Crippen molar-refractivity contribution in [3.8, 4) is 0 Å². The van der Waals surface area contributed by atoms with E-state index in [0.29, 0.717) is 6.04 Å². The molecule has 0 aromatic carbocycles. The van der Waals surface area contributed by atoms with Crippen molar-refractivity contribution in [2.24, 2.45) is 0 Å². The lowest BCUT2D eigenvalue weighted by atomic mass is 9.89. The maximum absolute atomic E-state index is 12.2. The third-order valence-electron chi connectivity index (χ3n) is 3.75. The SMILES string of the molecule is CC1(C(=O)NC2CCCNC2)CCCCN1. The van der Waals surface area contributed by atoms with Crippen molar-refractivity contribution >= 4 is 5.91 Å². The van der Waals surface area contributed by atoms with Crippen LogP contribution in [0.3, 0.4) is 0 Å². The number of nitrogens with one attached hydrogen (secondary N) is 3. The van der Waals surface area contributed by atoms with Gasteiger partial charge in [0.15, 0.2) is 0 Å². The molecule has 2 aliphatic heterocycles. The maximum Gasteiger partial charge on any atom is 0.240 e. The Morgan fingerprint density at radius 3 is 2.81 bits per heavy atom. The highest BCUT2D eigenvalue weighted by Crippen LogP contribution is 2.19. The van der Waals surface area contributed by atoms with Gasteiger partial charge in [-0.25, -0.2) is 0 Å². The zero-order chi connectivity index (χ0) is 11.4. The van der Waals surface area contributed by atoms with Crippen molar-refractivity contribution in [2.75, 3.05) is 19.6 Å². The normalized spacial score (nSPS) is 35.7. The molecular weight excluding hydrogens is 202 g/mol. The average Bonchev–Trinajstić information content (AvgIpc) is 2.31. The number of rotatable bonds is 2. The van der Waals surface area contributed by atoms with Gasteiger partial charge in [-0.3, -0.25) is 4.79 Å². The van der Waals surface area contributed by atoms with E-state index in [9.17, 15) is 4.79 Å². The van der Waals surface area contributed by atoms with Crippen LogP contribution in [0.5, 0.6) is 0 Å². The first-order chi connectivity index (χ1) is 7.71. The summed E-state index contributed by atoms with van der Waals surface area (Å²) in [7, 11) is 0. The predicted molar refractivity (Wildman–Crippen MR) is 64.3 cm³/mol. The number of hydrogen-bond acceptors (Lipinski definition) is 3. The summed E-state index contributed by atoms with van der Waals surface area (Å²) >= 11 is 0. The molecule has 16 heavy (non-hydrogen) atoms. The van der Waals surface area contributed by atoms with Gasteiger partial charge in [-0.2, -0.15) is 0 Å². The second kappa shape index (κ2) is 5.15. The van der Waals surface area contributed by atoms with E-state index in [1.165, 1.54) is 6.42 Å². The minimum atomic E-state index is -0.338. The van der Waals surface area contributed by atoms with Crippen molar-refractivity contribution in [3.05, 3.63) is 0 Å². The number of hydrogen-bond donors (Lipinski definition) is 3. The Morgan fingerprint density at radius 2 is 2.19 bits per heavy atom. The fourth-order valence-corrected chi connectivity index (χ4v) is 2.57. The molecule has 0 aromatic rings. The molecule has 2 saturated heterocycles. The standard InChI is InChI=1S/C12H23N3O/c1-12(6-2-3-8-14-12)11(16)15-10-5-4-7-13-9-10/h10,13-14H,2-9H2,1H3,(H,15,16). The van der Waals surface area contributed by atoms with Gasteiger partial charge >= 0.3 is 0 Å². The lowest BCUT2D eigenvalue weighted by Crippen LogP contribution is -2.60. The van der Waals surface area contributed by atoms with Gasteiger partial charge in [0.05, 0.1) is 5.54 Å². The van der Waals surface area contributed by atoms with Crippen molar-refractivity contribution in [3.63, 3.8) is 0 Å². The van der Waals surface area contributed by atoms with E-state index in [1.807, 2.05) is 6.92 Å². The highest BCUT2D eigenvalue weighted by atomic mass is 16.2. The summed E-state index contributed by atoms with van der Waals surface area (Å²) in [5.41, 5.74) is -0.338. The molecule has 2 fully saturated rings. The van der Waals surface area contributed by atoms with Gasteiger partial charge in [0, 0.05) is 12.6 Å². The van der Waals surface area contributed by atoms with Crippen LogP contribution in [0.4, 0.5) is 0 Å². The summed E-state index contributed by atoms with van der Waals surface area (Å²) in [6.45, 7) is 4.99. The Hall–Kier alpha value is -0.610. The first-order valence-electron chi connectivity index (χ1n) is 6.47. The molecule has 3 N–H and O–H groups in total. The fraction of sp³-hybridized carbons (Fsp3) is 0.917. The lowest BCUT2D eigenvalue weighted by Gasteiger charge is -2.35. The lowest BCUT2D eigenvalue weighted by molar-refractivity contribution is -0.128. The molecule has 1 amide bonds. The van der Waals surface area contributed by atoms with Crippen molar-refractivity contribution in [2.45, 2.75) is 50.6 Å². The van der Waals surface area contributed by atoms with Crippen LogP contribution in [0.25, 0.3) is 0 Å². The minimum Gasteiger partial charge on any atom is -0.350 e.